The van der Waals surface area contributed by atoms with E-state index in [9.17, 15) is 14.3 Å². The molecule has 4 nitrogen and oxygen atoms in total. The molecule has 1 fully saturated rings. The fourth-order valence-electron chi connectivity index (χ4n) is 5.51. The normalized spacial score (nSPS) is 28.5. The van der Waals surface area contributed by atoms with Gasteiger partial charge in [0.1, 0.15) is 5.82 Å². The van der Waals surface area contributed by atoms with Crippen molar-refractivity contribution < 1.29 is 14.3 Å². The van der Waals surface area contributed by atoms with Crippen LogP contribution in [0.1, 0.15) is 43.9 Å². The molecule has 1 saturated carbocycles. The summed E-state index contributed by atoms with van der Waals surface area (Å²) in [7, 11) is 0. The molecule has 0 saturated heterocycles. The van der Waals surface area contributed by atoms with E-state index >= 15 is 0 Å². The zero-order valence-electron chi connectivity index (χ0n) is 15.9. The number of hydrogen-bond acceptors (Lipinski definition) is 2. The Kier molecular flexibility index (Phi) is 3.83. The first-order valence-corrected chi connectivity index (χ1v) is 9.94. The molecule has 5 heteroatoms. The number of rotatable bonds is 2. The van der Waals surface area contributed by atoms with Crippen LogP contribution in [0.2, 0.25) is 0 Å². The van der Waals surface area contributed by atoms with Gasteiger partial charge in [0.15, 0.2) is 0 Å². The van der Waals surface area contributed by atoms with Gasteiger partial charge in [0, 0.05) is 5.41 Å². The van der Waals surface area contributed by atoms with Crippen LogP contribution < -0.4 is 0 Å². The highest BCUT2D eigenvalue weighted by Crippen LogP contribution is 2.56. The number of carboxylic acid groups (broad SMARTS) is 1. The number of nitrogens with zero attached hydrogens (tertiary/aromatic N) is 2. The standard InChI is InChI=1S/C23H23FN2O2/c1-23-12-14-13-25-26(17-8-6-16(24)7-9-17)21(14)11-15(23)5-10-18-19(22(27)28)3-2-4-20(18)23/h4,6-9,11,13,18-19H,2-3,5,10,12H2,1H3,(H,27,28)/t18-,19-,23-/m0/s1. The number of hydrogen-bond donors (Lipinski definition) is 1. The van der Waals surface area contributed by atoms with Crippen molar-refractivity contribution in [3.8, 4) is 5.69 Å². The second-order valence-electron chi connectivity index (χ2n) is 8.45. The van der Waals surface area contributed by atoms with Crippen LogP contribution in [-0.2, 0) is 11.2 Å². The Labute approximate surface area is 163 Å². The van der Waals surface area contributed by atoms with E-state index in [0.29, 0.717) is 0 Å². The Bertz CT molecular complexity index is 1020. The molecule has 3 aliphatic carbocycles. The zero-order chi connectivity index (χ0) is 19.5. The van der Waals surface area contributed by atoms with Crippen LogP contribution in [0, 0.1) is 23.1 Å². The Morgan fingerprint density at radius 3 is 2.82 bits per heavy atom. The highest BCUT2D eigenvalue weighted by Gasteiger charge is 2.48. The van der Waals surface area contributed by atoms with Gasteiger partial charge in [-0.3, -0.25) is 4.79 Å². The van der Waals surface area contributed by atoms with Gasteiger partial charge in [-0.2, -0.15) is 5.10 Å². The highest BCUT2D eigenvalue weighted by molar-refractivity contribution is 5.72. The number of aliphatic carboxylic acids is 1. The number of benzene rings is 1. The molecule has 1 N–H and O–H groups in total. The van der Waals surface area contributed by atoms with Crippen LogP contribution in [0.3, 0.4) is 0 Å². The van der Waals surface area contributed by atoms with Crippen LogP contribution in [0.25, 0.3) is 11.8 Å². The SMILES string of the molecule is C[C@]12Cc3cnn(-c4ccc(F)cc4)c3C=C1CC[C@@H]1C2=CCC[C@@H]1C(=O)O. The molecule has 1 aromatic heterocycles. The van der Waals surface area contributed by atoms with Gasteiger partial charge in [0.25, 0.3) is 0 Å². The first kappa shape index (κ1) is 17.4. The Hall–Kier alpha value is -2.69. The van der Waals surface area contributed by atoms with E-state index < -0.39 is 5.97 Å². The first-order valence-electron chi connectivity index (χ1n) is 9.94. The lowest BCUT2D eigenvalue weighted by molar-refractivity contribution is -0.144. The molecule has 0 unspecified atom stereocenters. The average Bonchev–Trinajstić information content (AvgIpc) is 3.08. The summed E-state index contributed by atoms with van der Waals surface area (Å²) in [6.45, 7) is 2.26. The van der Waals surface area contributed by atoms with Gasteiger partial charge in [-0.05, 0) is 73.9 Å². The fraction of sp³-hybridized carbons (Fsp3) is 0.391. The molecule has 2 aromatic rings. The molecule has 28 heavy (non-hydrogen) atoms. The van der Waals surface area contributed by atoms with Crippen LogP contribution in [0.15, 0.2) is 47.7 Å². The molecular formula is C23H23FN2O2. The maximum Gasteiger partial charge on any atom is 0.307 e. The van der Waals surface area contributed by atoms with E-state index in [4.69, 9.17) is 0 Å². The van der Waals surface area contributed by atoms with Crippen molar-refractivity contribution in [3.63, 3.8) is 0 Å². The molecule has 0 spiro atoms. The van der Waals surface area contributed by atoms with Crippen LogP contribution in [0.4, 0.5) is 4.39 Å². The predicted octanol–water partition coefficient (Wildman–Crippen LogP) is 4.79. The molecule has 144 valence electrons. The minimum absolute atomic E-state index is 0.124. The van der Waals surface area contributed by atoms with Gasteiger partial charge in [-0.25, -0.2) is 9.07 Å². The number of carbonyl (C=O) groups is 1. The summed E-state index contributed by atoms with van der Waals surface area (Å²) in [5, 5.41) is 14.3. The van der Waals surface area contributed by atoms with Crippen molar-refractivity contribution in [1.82, 2.24) is 9.78 Å². The zero-order valence-corrected chi connectivity index (χ0v) is 15.9. The largest absolute Gasteiger partial charge is 0.481 e. The van der Waals surface area contributed by atoms with Crippen molar-refractivity contribution in [1.29, 1.82) is 0 Å². The third-order valence-corrected chi connectivity index (χ3v) is 6.93. The van der Waals surface area contributed by atoms with E-state index in [1.807, 2.05) is 10.9 Å². The molecule has 3 atom stereocenters. The molecule has 0 radical (unpaired) electrons. The third kappa shape index (κ3) is 2.49. The Morgan fingerprint density at radius 1 is 1.29 bits per heavy atom. The van der Waals surface area contributed by atoms with Gasteiger partial charge in [-0.1, -0.05) is 24.1 Å². The third-order valence-electron chi connectivity index (χ3n) is 6.93. The second-order valence-corrected chi connectivity index (χ2v) is 8.45. The van der Waals surface area contributed by atoms with Crippen molar-refractivity contribution in [3.05, 3.63) is 64.8 Å². The minimum Gasteiger partial charge on any atom is -0.481 e. The molecular weight excluding hydrogens is 355 g/mol. The van der Waals surface area contributed by atoms with Gasteiger partial charge in [0.2, 0.25) is 0 Å². The maximum absolute atomic E-state index is 13.3. The topological polar surface area (TPSA) is 55.1 Å². The molecule has 0 bridgehead atoms. The second kappa shape index (κ2) is 6.16. The fourth-order valence-corrected chi connectivity index (χ4v) is 5.51. The lowest BCUT2D eigenvalue weighted by Gasteiger charge is -2.48. The lowest BCUT2D eigenvalue weighted by atomic mass is 9.55. The summed E-state index contributed by atoms with van der Waals surface area (Å²) in [6, 6.07) is 6.39. The molecule has 1 aromatic carbocycles. The van der Waals surface area contributed by atoms with E-state index in [-0.39, 0.29) is 23.1 Å². The van der Waals surface area contributed by atoms with E-state index in [2.05, 4.69) is 24.2 Å². The molecule has 5 rings (SSSR count). The van der Waals surface area contributed by atoms with Crippen LogP contribution in [-0.4, -0.2) is 20.9 Å². The smallest absolute Gasteiger partial charge is 0.307 e. The number of aromatic nitrogens is 2. The van der Waals surface area contributed by atoms with Crippen molar-refractivity contribution in [2.24, 2.45) is 17.3 Å². The monoisotopic (exact) mass is 378 g/mol. The molecule has 0 aliphatic heterocycles. The van der Waals surface area contributed by atoms with Gasteiger partial charge in [-0.15, -0.1) is 0 Å². The van der Waals surface area contributed by atoms with Crippen molar-refractivity contribution >= 4 is 12.0 Å². The average molecular weight is 378 g/mol. The van der Waals surface area contributed by atoms with E-state index in [1.54, 1.807) is 12.1 Å². The molecule has 3 aliphatic rings. The summed E-state index contributed by atoms with van der Waals surface area (Å²) < 4.78 is 15.2. The highest BCUT2D eigenvalue weighted by atomic mass is 19.1. The number of allylic oxidation sites excluding steroid dienone is 3. The lowest BCUT2D eigenvalue weighted by Crippen LogP contribution is -2.41. The molecule has 1 heterocycles. The Balaban J connectivity index is 1.56. The number of fused-ring (bicyclic) bond motifs is 4. The summed E-state index contributed by atoms with van der Waals surface area (Å²) in [5.41, 5.74) is 5.61. The van der Waals surface area contributed by atoms with Gasteiger partial charge < -0.3 is 5.11 Å². The summed E-state index contributed by atoms with van der Waals surface area (Å²) >= 11 is 0. The summed E-state index contributed by atoms with van der Waals surface area (Å²) in [5.74, 6) is -1.04. The van der Waals surface area contributed by atoms with Gasteiger partial charge >= 0.3 is 5.97 Å². The first-order chi connectivity index (χ1) is 13.5. The summed E-state index contributed by atoms with van der Waals surface area (Å²) in [4.78, 5) is 11.8. The van der Waals surface area contributed by atoms with E-state index in [1.165, 1.54) is 23.3 Å². The predicted molar refractivity (Wildman–Crippen MR) is 104 cm³/mol. The van der Waals surface area contributed by atoms with Crippen molar-refractivity contribution in [2.45, 2.75) is 39.0 Å². The number of carboxylic acids is 1. The maximum atomic E-state index is 13.3. The van der Waals surface area contributed by atoms with Gasteiger partial charge in [0.05, 0.1) is 23.5 Å². The van der Waals surface area contributed by atoms with Crippen LogP contribution in [0.5, 0.6) is 0 Å². The quantitative estimate of drug-likeness (QED) is 0.765. The number of halogens is 1. The molecule has 0 amide bonds. The van der Waals surface area contributed by atoms with Crippen LogP contribution >= 0.6 is 0 Å². The van der Waals surface area contributed by atoms with Crippen molar-refractivity contribution in [2.75, 3.05) is 0 Å². The minimum atomic E-state index is -0.660. The van der Waals surface area contributed by atoms with E-state index in [0.717, 1.165) is 49.0 Å². The summed E-state index contributed by atoms with van der Waals surface area (Å²) in [6.07, 6.45) is 10.7. The Morgan fingerprint density at radius 2 is 2.07 bits per heavy atom.